The van der Waals surface area contributed by atoms with E-state index in [-0.39, 0.29) is 22.9 Å². The SMILES string of the molecule is C#CC(C)NC(=O)[C@H]1CN(C2CCCC2)CC[C@@H]1NC(=O)c1cc(-c2ccc(F)cc2F)on1. The van der Waals surface area contributed by atoms with E-state index in [4.69, 9.17) is 10.9 Å². The highest BCUT2D eigenvalue weighted by Gasteiger charge is 2.38. The molecule has 2 amide bonds. The number of nitrogens with one attached hydrogen (secondary N) is 2. The van der Waals surface area contributed by atoms with Crippen molar-refractivity contribution >= 4 is 11.8 Å². The second kappa shape index (κ2) is 10.3. The monoisotopic (exact) mass is 470 g/mol. The minimum absolute atomic E-state index is 0.00153. The first-order chi connectivity index (χ1) is 16.4. The van der Waals surface area contributed by atoms with E-state index in [0.29, 0.717) is 19.0 Å². The van der Waals surface area contributed by atoms with Gasteiger partial charge >= 0.3 is 0 Å². The van der Waals surface area contributed by atoms with Gasteiger partial charge in [-0.3, -0.25) is 14.5 Å². The Bertz CT molecular complexity index is 1090. The molecule has 2 N–H and O–H groups in total. The first-order valence-corrected chi connectivity index (χ1v) is 11.6. The number of carbonyl (C=O) groups excluding carboxylic acids is 2. The Labute approximate surface area is 197 Å². The number of rotatable bonds is 6. The van der Waals surface area contributed by atoms with Crippen molar-refractivity contribution in [3.05, 3.63) is 41.6 Å². The van der Waals surface area contributed by atoms with Gasteiger partial charge in [-0.2, -0.15) is 0 Å². The van der Waals surface area contributed by atoms with Gasteiger partial charge in [-0.15, -0.1) is 6.42 Å². The first kappa shape index (κ1) is 23.9. The van der Waals surface area contributed by atoms with Crippen LogP contribution >= 0.6 is 0 Å². The summed E-state index contributed by atoms with van der Waals surface area (Å²) in [6, 6.07) is 3.97. The van der Waals surface area contributed by atoms with Crippen LogP contribution in [0.2, 0.25) is 0 Å². The molecule has 0 radical (unpaired) electrons. The summed E-state index contributed by atoms with van der Waals surface area (Å²) in [7, 11) is 0. The quantitative estimate of drug-likeness (QED) is 0.634. The fourth-order valence-corrected chi connectivity index (χ4v) is 4.82. The molecule has 0 spiro atoms. The topological polar surface area (TPSA) is 87.5 Å². The number of piperidine rings is 1. The molecule has 1 aromatic heterocycles. The highest BCUT2D eigenvalue weighted by molar-refractivity contribution is 5.94. The van der Waals surface area contributed by atoms with Crippen molar-refractivity contribution in [1.29, 1.82) is 0 Å². The molecule has 2 aliphatic rings. The molecule has 0 bridgehead atoms. The van der Waals surface area contributed by atoms with Gasteiger partial charge in [0, 0.05) is 37.3 Å². The standard InChI is InChI=1S/C25H28F2N4O3/c1-3-15(2)28-24(32)19-14-31(17-6-4-5-7-17)11-10-21(19)29-25(33)22-13-23(34-30-22)18-9-8-16(26)12-20(18)27/h1,8-9,12-13,15,17,19,21H,4-7,10-11,14H2,2H3,(H,28,32)(H,29,33)/t15?,19-,21-/m0/s1. The minimum atomic E-state index is -0.818. The third-order valence-electron chi connectivity index (χ3n) is 6.69. The third-order valence-corrected chi connectivity index (χ3v) is 6.69. The molecule has 1 saturated carbocycles. The van der Waals surface area contributed by atoms with Gasteiger partial charge in [0.15, 0.2) is 11.5 Å². The summed E-state index contributed by atoms with van der Waals surface area (Å²) in [5.41, 5.74) is -0.0496. The lowest BCUT2D eigenvalue weighted by Crippen LogP contribution is -2.58. The lowest BCUT2D eigenvalue weighted by Gasteiger charge is -2.41. The first-order valence-electron chi connectivity index (χ1n) is 11.6. The number of amides is 2. The van der Waals surface area contributed by atoms with Crippen molar-refractivity contribution in [2.75, 3.05) is 13.1 Å². The van der Waals surface area contributed by atoms with Gasteiger partial charge in [0.25, 0.3) is 5.91 Å². The molecule has 2 aromatic rings. The maximum atomic E-state index is 14.1. The Balaban J connectivity index is 1.48. The summed E-state index contributed by atoms with van der Waals surface area (Å²) in [6.45, 7) is 3.03. The predicted octanol–water partition coefficient (Wildman–Crippen LogP) is 3.12. The van der Waals surface area contributed by atoms with Crippen molar-refractivity contribution in [1.82, 2.24) is 20.7 Å². The van der Waals surface area contributed by atoms with E-state index in [2.05, 4.69) is 26.6 Å². The molecule has 4 rings (SSSR count). The van der Waals surface area contributed by atoms with Crippen LogP contribution in [0, 0.1) is 29.9 Å². The Morgan fingerprint density at radius 2 is 2.00 bits per heavy atom. The van der Waals surface area contributed by atoms with Crippen molar-refractivity contribution in [3.63, 3.8) is 0 Å². The van der Waals surface area contributed by atoms with Gasteiger partial charge in [0.05, 0.1) is 17.5 Å². The van der Waals surface area contributed by atoms with Gasteiger partial charge in [0.1, 0.15) is 11.6 Å². The number of terminal acetylenes is 1. The van der Waals surface area contributed by atoms with E-state index in [1.165, 1.54) is 25.0 Å². The maximum Gasteiger partial charge on any atom is 0.273 e. The Morgan fingerprint density at radius 1 is 1.24 bits per heavy atom. The number of aromatic nitrogens is 1. The number of benzene rings is 1. The highest BCUT2D eigenvalue weighted by Crippen LogP contribution is 2.29. The van der Waals surface area contributed by atoms with E-state index in [1.54, 1.807) is 6.92 Å². The molecule has 180 valence electrons. The zero-order valence-corrected chi connectivity index (χ0v) is 19.0. The predicted molar refractivity (Wildman–Crippen MR) is 121 cm³/mol. The summed E-state index contributed by atoms with van der Waals surface area (Å²) in [6.07, 6.45) is 10.6. The summed E-state index contributed by atoms with van der Waals surface area (Å²) in [5.74, 6) is -0.231. The van der Waals surface area contributed by atoms with Crippen LogP contribution in [0.25, 0.3) is 11.3 Å². The van der Waals surface area contributed by atoms with Crippen LogP contribution < -0.4 is 10.6 Å². The van der Waals surface area contributed by atoms with Crippen molar-refractivity contribution in [2.24, 2.45) is 5.92 Å². The van der Waals surface area contributed by atoms with Gasteiger partial charge in [-0.1, -0.05) is 23.9 Å². The minimum Gasteiger partial charge on any atom is -0.355 e. The Hall–Kier alpha value is -3.25. The van der Waals surface area contributed by atoms with E-state index in [9.17, 15) is 18.4 Å². The molecule has 1 aliphatic carbocycles. The van der Waals surface area contributed by atoms with Crippen LogP contribution in [0.5, 0.6) is 0 Å². The van der Waals surface area contributed by atoms with E-state index in [0.717, 1.165) is 31.5 Å². The summed E-state index contributed by atoms with van der Waals surface area (Å²) in [4.78, 5) is 28.3. The van der Waals surface area contributed by atoms with Crippen LogP contribution in [0.3, 0.4) is 0 Å². The van der Waals surface area contributed by atoms with Gasteiger partial charge < -0.3 is 15.2 Å². The third kappa shape index (κ3) is 5.28. The molecule has 1 saturated heterocycles. The van der Waals surface area contributed by atoms with E-state index >= 15 is 0 Å². The fourth-order valence-electron chi connectivity index (χ4n) is 4.82. The number of likely N-dealkylation sites (tertiary alicyclic amines) is 1. The average Bonchev–Trinajstić information content (AvgIpc) is 3.52. The van der Waals surface area contributed by atoms with Crippen LogP contribution in [-0.4, -0.2) is 53.1 Å². The van der Waals surface area contributed by atoms with Crippen molar-refractivity contribution in [3.8, 4) is 23.7 Å². The molecule has 7 nitrogen and oxygen atoms in total. The van der Waals surface area contributed by atoms with Gasteiger partial charge in [0.2, 0.25) is 5.91 Å². The summed E-state index contributed by atoms with van der Waals surface area (Å²) in [5, 5.41) is 9.48. The van der Waals surface area contributed by atoms with E-state index in [1.807, 2.05) is 0 Å². The summed E-state index contributed by atoms with van der Waals surface area (Å²) >= 11 is 0. The van der Waals surface area contributed by atoms with Crippen LogP contribution in [0.4, 0.5) is 8.78 Å². The normalized spacial score (nSPS) is 22.2. The zero-order chi connectivity index (χ0) is 24.2. The van der Waals surface area contributed by atoms with Crippen LogP contribution in [0.15, 0.2) is 28.8 Å². The zero-order valence-electron chi connectivity index (χ0n) is 19.0. The average molecular weight is 471 g/mol. The molecule has 1 aliphatic heterocycles. The van der Waals surface area contributed by atoms with Crippen LogP contribution in [-0.2, 0) is 4.79 Å². The highest BCUT2D eigenvalue weighted by atomic mass is 19.1. The Morgan fingerprint density at radius 3 is 2.71 bits per heavy atom. The number of nitrogens with zero attached hydrogens (tertiary/aromatic N) is 2. The largest absolute Gasteiger partial charge is 0.355 e. The fraction of sp³-hybridized carbons (Fsp3) is 0.480. The molecule has 2 fully saturated rings. The lowest BCUT2D eigenvalue weighted by atomic mass is 9.89. The van der Waals surface area contributed by atoms with Crippen LogP contribution in [0.1, 0.15) is 49.5 Å². The lowest BCUT2D eigenvalue weighted by molar-refractivity contribution is -0.128. The smallest absolute Gasteiger partial charge is 0.273 e. The van der Waals surface area contributed by atoms with Gasteiger partial charge in [-0.25, -0.2) is 8.78 Å². The van der Waals surface area contributed by atoms with E-state index < -0.39 is 35.5 Å². The molecular weight excluding hydrogens is 442 g/mol. The maximum absolute atomic E-state index is 14.1. The molecule has 34 heavy (non-hydrogen) atoms. The Kier molecular flexibility index (Phi) is 7.27. The molecule has 3 atom stereocenters. The number of hydrogen-bond acceptors (Lipinski definition) is 5. The molecule has 1 unspecified atom stereocenters. The second-order valence-electron chi connectivity index (χ2n) is 9.01. The molecular formula is C25H28F2N4O3. The number of hydrogen-bond donors (Lipinski definition) is 2. The van der Waals surface area contributed by atoms with Gasteiger partial charge in [-0.05, 0) is 38.3 Å². The summed E-state index contributed by atoms with van der Waals surface area (Å²) < 4.78 is 32.4. The number of halogens is 2. The second-order valence-corrected chi connectivity index (χ2v) is 9.01. The van der Waals surface area contributed by atoms with Crippen molar-refractivity contribution < 1.29 is 22.9 Å². The molecule has 1 aromatic carbocycles. The number of carbonyl (C=O) groups is 2. The molecule has 2 heterocycles. The van der Waals surface area contributed by atoms with Crippen molar-refractivity contribution in [2.45, 2.75) is 57.2 Å². The molecule has 9 heteroatoms.